The summed E-state index contributed by atoms with van der Waals surface area (Å²) in [7, 11) is -3.92. The van der Waals surface area contributed by atoms with E-state index >= 15 is 0 Å². The minimum Gasteiger partial charge on any atom is -0.476 e. The molecule has 0 unspecified atom stereocenters. The SMILES string of the molecule is C[C@@H](CNC(=O)[C@H]1CN(S(=O)(=O)c2ccc(Cl)cc2)c2ccccc2O1)c1ccccc1. The van der Waals surface area contributed by atoms with Gasteiger partial charge in [-0.15, -0.1) is 0 Å². The van der Waals surface area contributed by atoms with Crippen molar-refractivity contribution in [3.05, 3.63) is 89.4 Å². The predicted octanol–water partition coefficient (Wildman–Crippen LogP) is 4.22. The zero-order chi connectivity index (χ0) is 22.7. The van der Waals surface area contributed by atoms with E-state index in [1.165, 1.54) is 28.6 Å². The van der Waals surface area contributed by atoms with Crippen molar-refractivity contribution >= 4 is 33.2 Å². The summed E-state index contributed by atoms with van der Waals surface area (Å²) in [5.41, 5.74) is 1.50. The third kappa shape index (κ3) is 4.59. The molecule has 0 spiro atoms. The van der Waals surface area contributed by atoms with Crippen LogP contribution in [0.5, 0.6) is 5.75 Å². The molecular formula is C24H23ClN2O4S. The summed E-state index contributed by atoms with van der Waals surface area (Å²) in [6.07, 6.45) is -0.977. The molecule has 3 aromatic rings. The molecule has 32 heavy (non-hydrogen) atoms. The summed E-state index contributed by atoms with van der Waals surface area (Å²) in [5.74, 6) is 0.0797. The third-order valence-electron chi connectivity index (χ3n) is 5.38. The minimum atomic E-state index is -3.92. The topological polar surface area (TPSA) is 75.7 Å². The maximum atomic E-state index is 13.4. The van der Waals surface area contributed by atoms with Crippen LogP contribution >= 0.6 is 11.6 Å². The van der Waals surface area contributed by atoms with Gasteiger partial charge in [0, 0.05) is 11.6 Å². The van der Waals surface area contributed by atoms with Crippen molar-refractivity contribution in [3.8, 4) is 5.75 Å². The van der Waals surface area contributed by atoms with E-state index < -0.39 is 16.1 Å². The number of sulfonamides is 1. The number of hydrogen-bond acceptors (Lipinski definition) is 4. The molecule has 0 radical (unpaired) electrons. The number of para-hydroxylation sites is 2. The fourth-order valence-corrected chi connectivity index (χ4v) is 5.17. The molecule has 3 aromatic carbocycles. The first-order valence-electron chi connectivity index (χ1n) is 10.2. The number of halogens is 1. The van der Waals surface area contributed by atoms with Gasteiger partial charge in [-0.3, -0.25) is 9.10 Å². The number of nitrogens with one attached hydrogen (secondary N) is 1. The van der Waals surface area contributed by atoms with Crippen molar-refractivity contribution < 1.29 is 17.9 Å². The fraction of sp³-hybridized carbons (Fsp3) is 0.208. The van der Waals surface area contributed by atoms with Crippen LogP contribution in [-0.4, -0.2) is 33.5 Å². The Labute approximate surface area is 192 Å². The highest BCUT2D eigenvalue weighted by Crippen LogP contribution is 2.37. The van der Waals surface area contributed by atoms with Gasteiger partial charge in [-0.2, -0.15) is 0 Å². The molecule has 1 N–H and O–H groups in total. The summed E-state index contributed by atoms with van der Waals surface area (Å²) < 4.78 is 33.8. The number of anilines is 1. The Hall–Kier alpha value is -3.03. The molecule has 0 fully saturated rings. The minimum absolute atomic E-state index is 0.0930. The number of amides is 1. The lowest BCUT2D eigenvalue weighted by Gasteiger charge is -2.34. The van der Waals surface area contributed by atoms with Crippen LogP contribution in [0.2, 0.25) is 5.02 Å². The van der Waals surface area contributed by atoms with Crippen LogP contribution in [0.15, 0.2) is 83.8 Å². The van der Waals surface area contributed by atoms with Gasteiger partial charge in [0.15, 0.2) is 6.10 Å². The van der Waals surface area contributed by atoms with Gasteiger partial charge < -0.3 is 10.1 Å². The Kier molecular flexibility index (Phi) is 6.39. The molecule has 0 saturated carbocycles. The van der Waals surface area contributed by atoms with E-state index in [4.69, 9.17) is 16.3 Å². The molecule has 0 bridgehead atoms. The van der Waals surface area contributed by atoms with Crippen molar-refractivity contribution in [2.45, 2.75) is 23.8 Å². The third-order valence-corrected chi connectivity index (χ3v) is 7.43. The van der Waals surface area contributed by atoms with Gasteiger partial charge in [0.1, 0.15) is 5.75 Å². The molecule has 0 aromatic heterocycles. The molecule has 166 valence electrons. The number of benzene rings is 3. The molecule has 1 aliphatic rings. The number of carbonyl (C=O) groups is 1. The number of hydrogen-bond donors (Lipinski definition) is 1. The molecule has 2 atom stereocenters. The Morgan fingerprint density at radius 1 is 1.06 bits per heavy atom. The summed E-state index contributed by atoms with van der Waals surface area (Å²) in [6, 6.07) is 22.6. The van der Waals surface area contributed by atoms with E-state index in [0.717, 1.165) is 5.56 Å². The van der Waals surface area contributed by atoms with E-state index in [2.05, 4.69) is 5.32 Å². The van der Waals surface area contributed by atoms with E-state index in [-0.39, 0.29) is 23.3 Å². The highest BCUT2D eigenvalue weighted by molar-refractivity contribution is 7.92. The van der Waals surface area contributed by atoms with E-state index in [9.17, 15) is 13.2 Å². The average Bonchev–Trinajstić information content (AvgIpc) is 2.82. The van der Waals surface area contributed by atoms with Gasteiger partial charge in [-0.1, -0.05) is 61.0 Å². The fourth-order valence-electron chi connectivity index (χ4n) is 3.57. The lowest BCUT2D eigenvalue weighted by Crippen LogP contribution is -2.51. The number of fused-ring (bicyclic) bond motifs is 1. The molecule has 0 saturated heterocycles. The van der Waals surface area contributed by atoms with E-state index in [1.54, 1.807) is 24.3 Å². The van der Waals surface area contributed by atoms with Crippen LogP contribution in [0.25, 0.3) is 0 Å². The maximum absolute atomic E-state index is 13.4. The van der Waals surface area contributed by atoms with Gasteiger partial charge in [0.25, 0.3) is 15.9 Å². The van der Waals surface area contributed by atoms with Crippen LogP contribution in [0.3, 0.4) is 0 Å². The second-order valence-electron chi connectivity index (χ2n) is 7.62. The van der Waals surface area contributed by atoms with Gasteiger partial charge in [-0.25, -0.2) is 8.42 Å². The molecule has 0 aliphatic carbocycles. The smallest absolute Gasteiger partial charge is 0.264 e. The molecular weight excluding hydrogens is 448 g/mol. The highest BCUT2D eigenvalue weighted by atomic mass is 35.5. The van der Waals surface area contributed by atoms with Crippen LogP contribution in [-0.2, 0) is 14.8 Å². The van der Waals surface area contributed by atoms with Gasteiger partial charge >= 0.3 is 0 Å². The Bertz CT molecular complexity index is 1200. The number of carbonyl (C=O) groups excluding carboxylic acids is 1. The summed E-state index contributed by atoms with van der Waals surface area (Å²) in [5, 5.41) is 3.34. The molecule has 1 aliphatic heterocycles. The Balaban J connectivity index is 1.55. The van der Waals surface area contributed by atoms with Gasteiger partial charge in [0.05, 0.1) is 17.1 Å². The first kappa shape index (κ1) is 22.2. The normalized spacial score (nSPS) is 16.6. The molecule has 4 rings (SSSR count). The highest BCUT2D eigenvalue weighted by Gasteiger charge is 2.37. The maximum Gasteiger partial charge on any atom is 0.264 e. The van der Waals surface area contributed by atoms with Crippen molar-refractivity contribution in [2.75, 3.05) is 17.4 Å². The first-order chi connectivity index (χ1) is 15.4. The summed E-state index contributed by atoms with van der Waals surface area (Å²) in [6.45, 7) is 2.30. The Morgan fingerprint density at radius 2 is 1.72 bits per heavy atom. The van der Waals surface area contributed by atoms with Crippen LogP contribution in [0.1, 0.15) is 18.4 Å². The standard InChI is InChI=1S/C24H23ClN2O4S/c1-17(18-7-3-2-4-8-18)15-26-24(28)23-16-27(21-9-5-6-10-22(21)31-23)32(29,30)20-13-11-19(25)12-14-20/h2-14,17,23H,15-16H2,1H3,(H,26,28)/t17-,23+/m0/s1. The van der Waals surface area contributed by atoms with Crippen molar-refractivity contribution in [1.29, 1.82) is 0 Å². The van der Waals surface area contributed by atoms with Crippen molar-refractivity contribution in [1.82, 2.24) is 5.32 Å². The molecule has 6 nitrogen and oxygen atoms in total. The number of ether oxygens (including phenoxy) is 1. The van der Waals surface area contributed by atoms with Crippen LogP contribution in [0, 0.1) is 0 Å². The lowest BCUT2D eigenvalue weighted by atomic mass is 10.0. The zero-order valence-electron chi connectivity index (χ0n) is 17.4. The lowest BCUT2D eigenvalue weighted by molar-refractivity contribution is -0.127. The summed E-state index contributed by atoms with van der Waals surface area (Å²) in [4.78, 5) is 13.0. The monoisotopic (exact) mass is 470 g/mol. The predicted molar refractivity (Wildman–Crippen MR) is 125 cm³/mol. The van der Waals surface area contributed by atoms with Crippen LogP contribution < -0.4 is 14.4 Å². The second kappa shape index (κ2) is 9.22. The average molecular weight is 471 g/mol. The van der Waals surface area contributed by atoms with Crippen molar-refractivity contribution in [3.63, 3.8) is 0 Å². The zero-order valence-corrected chi connectivity index (χ0v) is 19.0. The van der Waals surface area contributed by atoms with Gasteiger partial charge in [-0.05, 0) is 47.9 Å². The number of nitrogens with zero attached hydrogens (tertiary/aromatic N) is 1. The van der Waals surface area contributed by atoms with Gasteiger partial charge in [0.2, 0.25) is 0 Å². The molecule has 1 heterocycles. The first-order valence-corrected chi connectivity index (χ1v) is 12.0. The largest absolute Gasteiger partial charge is 0.476 e. The summed E-state index contributed by atoms with van der Waals surface area (Å²) >= 11 is 5.92. The quantitative estimate of drug-likeness (QED) is 0.585. The molecule has 8 heteroatoms. The molecule has 1 amide bonds. The second-order valence-corrected chi connectivity index (χ2v) is 9.92. The van der Waals surface area contributed by atoms with Crippen molar-refractivity contribution in [2.24, 2.45) is 0 Å². The van der Waals surface area contributed by atoms with E-state index in [1.807, 2.05) is 37.3 Å². The number of rotatable bonds is 6. The Morgan fingerprint density at radius 3 is 2.44 bits per heavy atom. The van der Waals surface area contributed by atoms with E-state index in [0.29, 0.717) is 23.0 Å². The van der Waals surface area contributed by atoms with Crippen LogP contribution in [0.4, 0.5) is 5.69 Å².